The fourth-order valence-corrected chi connectivity index (χ4v) is 3.71. The molecule has 1 N–H and O–H groups in total. The van der Waals surface area contributed by atoms with Gasteiger partial charge in [-0.15, -0.1) is 11.3 Å². The van der Waals surface area contributed by atoms with Gasteiger partial charge in [0.15, 0.2) is 6.10 Å². The van der Waals surface area contributed by atoms with Crippen molar-refractivity contribution in [3.8, 4) is 5.75 Å². The monoisotopic (exact) mass is 369 g/mol. The van der Waals surface area contributed by atoms with Crippen molar-refractivity contribution in [3.05, 3.63) is 59.0 Å². The number of aryl methyl sites for hydroxylation is 1. The third kappa shape index (κ3) is 3.55. The summed E-state index contributed by atoms with van der Waals surface area (Å²) in [6.07, 6.45) is -0.933. The van der Waals surface area contributed by atoms with E-state index < -0.39 is 18.0 Å². The molecule has 1 atom stereocenters. The molecule has 1 unspecified atom stereocenters. The van der Waals surface area contributed by atoms with Crippen molar-refractivity contribution in [1.82, 2.24) is 0 Å². The summed E-state index contributed by atoms with van der Waals surface area (Å²) in [5.74, 6) is -0.368. The highest BCUT2D eigenvalue weighted by atomic mass is 32.1. The molecule has 3 aromatic rings. The number of hydrogen-bond donors (Lipinski definition) is 1. The molecular weight excluding hydrogens is 350 g/mol. The average molecular weight is 369 g/mol. The number of benzene rings is 2. The van der Waals surface area contributed by atoms with Gasteiger partial charge in [0.2, 0.25) is 0 Å². The molecule has 1 heterocycles. The Morgan fingerprint density at radius 3 is 2.50 bits per heavy atom. The maximum Gasteiger partial charge on any atom is 0.349 e. The number of nitrogens with one attached hydrogen (secondary N) is 1. The molecule has 1 aromatic heterocycles. The van der Waals surface area contributed by atoms with Crippen LogP contribution in [-0.4, -0.2) is 25.1 Å². The summed E-state index contributed by atoms with van der Waals surface area (Å²) in [5, 5.41) is 3.75. The molecule has 0 aliphatic carbocycles. The highest BCUT2D eigenvalue weighted by Gasteiger charge is 2.23. The van der Waals surface area contributed by atoms with Crippen LogP contribution in [0, 0.1) is 6.92 Å². The topological polar surface area (TPSA) is 64.6 Å². The van der Waals surface area contributed by atoms with E-state index in [1.54, 1.807) is 25.1 Å². The van der Waals surface area contributed by atoms with Crippen LogP contribution in [-0.2, 0) is 9.53 Å². The summed E-state index contributed by atoms with van der Waals surface area (Å²) in [7, 11) is 1.53. The number of methoxy groups -OCH3 is 1. The van der Waals surface area contributed by atoms with Crippen molar-refractivity contribution in [3.63, 3.8) is 0 Å². The summed E-state index contributed by atoms with van der Waals surface area (Å²) in [6, 6.07) is 14.8. The van der Waals surface area contributed by atoms with E-state index in [-0.39, 0.29) is 0 Å². The van der Waals surface area contributed by atoms with Gasteiger partial charge in [0.25, 0.3) is 5.91 Å². The van der Waals surface area contributed by atoms with Crippen LogP contribution >= 0.6 is 11.3 Å². The van der Waals surface area contributed by atoms with Crippen molar-refractivity contribution in [2.45, 2.75) is 20.0 Å². The maximum atomic E-state index is 12.5. The second kappa shape index (κ2) is 7.58. The highest BCUT2D eigenvalue weighted by Crippen LogP contribution is 2.31. The molecule has 0 bridgehead atoms. The van der Waals surface area contributed by atoms with Crippen molar-refractivity contribution in [1.29, 1.82) is 0 Å². The number of para-hydroxylation sites is 2. The molecule has 134 valence electrons. The van der Waals surface area contributed by atoms with E-state index in [1.165, 1.54) is 18.4 Å². The van der Waals surface area contributed by atoms with E-state index in [0.29, 0.717) is 16.3 Å². The molecule has 0 fully saturated rings. The van der Waals surface area contributed by atoms with Gasteiger partial charge in [-0.3, -0.25) is 4.79 Å². The minimum absolute atomic E-state index is 0.415. The fraction of sp³-hybridized carbons (Fsp3) is 0.200. The van der Waals surface area contributed by atoms with E-state index >= 15 is 0 Å². The van der Waals surface area contributed by atoms with Gasteiger partial charge in [-0.25, -0.2) is 4.79 Å². The molecule has 3 rings (SSSR count). The number of carbonyl (C=O) groups is 2. The summed E-state index contributed by atoms with van der Waals surface area (Å²) >= 11 is 1.37. The van der Waals surface area contributed by atoms with Crippen molar-refractivity contribution < 1.29 is 19.1 Å². The molecule has 0 radical (unpaired) electrons. The minimum Gasteiger partial charge on any atom is -0.495 e. The van der Waals surface area contributed by atoms with Crippen LogP contribution < -0.4 is 10.1 Å². The molecule has 1 amide bonds. The molecule has 0 saturated carbocycles. The number of thiophene rings is 1. The lowest BCUT2D eigenvalue weighted by molar-refractivity contribution is -0.123. The Morgan fingerprint density at radius 2 is 1.77 bits per heavy atom. The predicted octanol–water partition coefficient (Wildman–Crippen LogP) is 4.40. The Balaban J connectivity index is 1.72. The Bertz CT molecular complexity index is 963. The quantitative estimate of drug-likeness (QED) is 0.677. The first-order valence-corrected chi connectivity index (χ1v) is 8.96. The Hall–Kier alpha value is -2.86. The number of anilines is 1. The summed E-state index contributed by atoms with van der Waals surface area (Å²) in [4.78, 5) is 25.4. The van der Waals surface area contributed by atoms with Crippen LogP contribution in [0.15, 0.2) is 48.5 Å². The first-order valence-electron chi connectivity index (χ1n) is 8.14. The van der Waals surface area contributed by atoms with E-state index in [4.69, 9.17) is 9.47 Å². The average Bonchev–Trinajstić information content (AvgIpc) is 2.99. The minimum atomic E-state index is -0.933. The number of carbonyl (C=O) groups excluding carboxylic acids is 2. The number of esters is 1. The summed E-state index contributed by atoms with van der Waals surface area (Å²) < 4.78 is 11.6. The molecule has 0 aliphatic rings. The largest absolute Gasteiger partial charge is 0.495 e. The van der Waals surface area contributed by atoms with Gasteiger partial charge in [0, 0.05) is 4.70 Å². The highest BCUT2D eigenvalue weighted by molar-refractivity contribution is 7.21. The zero-order valence-corrected chi connectivity index (χ0v) is 15.6. The number of fused-ring (bicyclic) bond motifs is 1. The third-order valence-corrected chi connectivity index (χ3v) is 5.30. The molecule has 0 aliphatic heterocycles. The zero-order chi connectivity index (χ0) is 18.7. The van der Waals surface area contributed by atoms with Gasteiger partial charge < -0.3 is 14.8 Å². The van der Waals surface area contributed by atoms with Crippen molar-refractivity contribution in [2.24, 2.45) is 0 Å². The first kappa shape index (κ1) is 17.9. The standard InChI is InChI=1S/C20H19NO4S/c1-12-14-8-4-7-11-17(14)26-18(12)20(23)25-13(2)19(22)21-15-9-5-6-10-16(15)24-3/h4-11,13H,1-3H3,(H,21,22). The van der Waals surface area contributed by atoms with Crippen LogP contribution in [0.2, 0.25) is 0 Å². The van der Waals surface area contributed by atoms with Crippen molar-refractivity contribution >= 4 is 39.0 Å². The lowest BCUT2D eigenvalue weighted by Crippen LogP contribution is -2.30. The third-order valence-electron chi connectivity index (χ3n) is 4.05. The smallest absolute Gasteiger partial charge is 0.349 e. The molecule has 5 nitrogen and oxygen atoms in total. The van der Waals surface area contributed by atoms with Crippen LogP contribution in [0.3, 0.4) is 0 Å². The van der Waals surface area contributed by atoms with Gasteiger partial charge in [0.05, 0.1) is 12.8 Å². The molecule has 2 aromatic carbocycles. The fourth-order valence-electron chi connectivity index (χ4n) is 2.62. The molecule has 26 heavy (non-hydrogen) atoms. The molecule has 0 spiro atoms. The zero-order valence-electron chi connectivity index (χ0n) is 14.7. The SMILES string of the molecule is COc1ccccc1NC(=O)C(C)OC(=O)c1sc2ccccc2c1C. The van der Waals surface area contributed by atoms with Gasteiger partial charge in [-0.05, 0) is 43.0 Å². The van der Waals surface area contributed by atoms with Gasteiger partial charge in [0.1, 0.15) is 10.6 Å². The first-order chi connectivity index (χ1) is 12.5. The van der Waals surface area contributed by atoms with Gasteiger partial charge >= 0.3 is 5.97 Å². The number of amides is 1. The van der Waals surface area contributed by atoms with Crippen LogP contribution in [0.5, 0.6) is 5.75 Å². The van der Waals surface area contributed by atoms with E-state index in [1.807, 2.05) is 37.3 Å². The lowest BCUT2D eigenvalue weighted by Gasteiger charge is -2.15. The molecule has 6 heteroatoms. The van der Waals surface area contributed by atoms with Crippen molar-refractivity contribution in [2.75, 3.05) is 12.4 Å². The lowest BCUT2D eigenvalue weighted by atomic mass is 10.1. The summed E-state index contributed by atoms with van der Waals surface area (Å²) in [6.45, 7) is 3.43. The van der Waals surface area contributed by atoms with Crippen LogP contribution in [0.1, 0.15) is 22.2 Å². The van der Waals surface area contributed by atoms with Gasteiger partial charge in [-0.1, -0.05) is 30.3 Å². The van der Waals surface area contributed by atoms with E-state index in [9.17, 15) is 9.59 Å². The van der Waals surface area contributed by atoms with E-state index in [2.05, 4.69) is 5.32 Å². The second-order valence-electron chi connectivity index (χ2n) is 5.79. The van der Waals surface area contributed by atoms with Gasteiger partial charge in [-0.2, -0.15) is 0 Å². The number of hydrogen-bond acceptors (Lipinski definition) is 5. The second-order valence-corrected chi connectivity index (χ2v) is 6.84. The summed E-state index contributed by atoms with van der Waals surface area (Å²) in [5.41, 5.74) is 1.40. The predicted molar refractivity (Wildman–Crippen MR) is 103 cm³/mol. The Labute approximate surface area is 155 Å². The number of ether oxygens (including phenoxy) is 2. The van der Waals surface area contributed by atoms with Crippen LogP contribution in [0.25, 0.3) is 10.1 Å². The maximum absolute atomic E-state index is 12.5. The Morgan fingerprint density at radius 1 is 1.08 bits per heavy atom. The molecule has 0 saturated heterocycles. The van der Waals surface area contributed by atoms with Crippen LogP contribution in [0.4, 0.5) is 5.69 Å². The number of rotatable bonds is 5. The normalized spacial score (nSPS) is 11.8. The Kier molecular flexibility index (Phi) is 5.23. The van der Waals surface area contributed by atoms with E-state index in [0.717, 1.165) is 15.6 Å². The molecular formula is C20H19NO4S.